The number of rotatable bonds is 5. The van der Waals surface area contributed by atoms with Crippen molar-refractivity contribution in [1.29, 1.82) is 0 Å². The minimum absolute atomic E-state index is 0.0762. The van der Waals surface area contributed by atoms with Gasteiger partial charge in [-0.2, -0.15) is 0 Å². The topological polar surface area (TPSA) is 58.6 Å². The van der Waals surface area contributed by atoms with E-state index in [1.807, 2.05) is 62.4 Å². The van der Waals surface area contributed by atoms with Crippen molar-refractivity contribution >= 4 is 22.6 Å². The monoisotopic (exact) mass is 402 g/mol. The average Bonchev–Trinajstić information content (AvgIpc) is 2.78. The molecule has 1 aliphatic rings. The second-order valence-electron chi connectivity index (χ2n) is 7.38. The summed E-state index contributed by atoms with van der Waals surface area (Å²) in [6, 6.07) is 19.4. The maximum atomic E-state index is 13.2. The molecule has 1 unspecified atom stereocenters. The van der Waals surface area contributed by atoms with Crippen LogP contribution in [0.4, 0.5) is 0 Å². The van der Waals surface area contributed by atoms with Gasteiger partial charge in [0.25, 0.3) is 5.91 Å². The van der Waals surface area contributed by atoms with Gasteiger partial charge in [-0.3, -0.25) is 9.59 Å². The van der Waals surface area contributed by atoms with E-state index in [9.17, 15) is 9.59 Å². The van der Waals surface area contributed by atoms with Gasteiger partial charge in [0.05, 0.1) is 6.61 Å². The van der Waals surface area contributed by atoms with E-state index in [1.54, 1.807) is 4.90 Å². The van der Waals surface area contributed by atoms with Crippen LogP contribution in [-0.4, -0.2) is 42.5 Å². The van der Waals surface area contributed by atoms with Crippen LogP contribution in [0.25, 0.3) is 21.9 Å². The van der Waals surface area contributed by atoms with Crippen molar-refractivity contribution in [1.82, 2.24) is 10.2 Å². The average molecular weight is 402 g/mol. The molecule has 3 aromatic rings. The van der Waals surface area contributed by atoms with Gasteiger partial charge in [-0.25, -0.2) is 0 Å². The van der Waals surface area contributed by atoms with Gasteiger partial charge in [0.15, 0.2) is 0 Å². The second-order valence-corrected chi connectivity index (χ2v) is 7.38. The lowest BCUT2D eigenvalue weighted by atomic mass is 9.96. The van der Waals surface area contributed by atoms with Gasteiger partial charge in [-0.1, -0.05) is 49.4 Å². The van der Waals surface area contributed by atoms with Crippen molar-refractivity contribution in [2.45, 2.75) is 26.3 Å². The first-order chi connectivity index (χ1) is 14.6. The summed E-state index contributed by atoms with van der Waals surface area (Å²) in [5.74, 6) is 0.671. The van der Waals surface area contributed by atoms with Crippen LogP contribution in [0.3, 0.4) is 0 Å². The van der Waals surface area contributed by atoms with E-state index in [2.05, 4.69) is 17.4 Å². The summed E-state index contributed by atoms with van der Waals surface area (Å²) in [4.78, 5) is 27.0. The van der Waals surface area contributed by atoms with Crippen LogP contribution < -0.4 is 10.1 Å². The van der Waals surface area contributed by atoms with Gasteiger partial charge in [0, 0.05) is 24.2 Å². The number of piperazine rings is 1. The summed E-state index contributed by atoms with van der Waals surface area (Å²) in [6.45, 7) is 5.53. The largest absolute Gasteiger partial charge is 0.493 e. The lowest BCUT2D eigenvalue weighted by Crippen LogP contribution is -2.56. The third-order valence-electron chi connectivity index (χ3n) is 5.58. The second kappa shape index (κ2) is 8.57. The maximum Gasteiger partial charge on any atom is 0.254 e. The number of ether oxygens (including phenoxy) is 1. The van der Waals surface area contributed by atoms with Crippen LogP contribution in [0.5, 0.6) is 5.75 Å². The van der Waals surface area contributed by atoms with Gasteiger partial charge in [0.2, 0.25) is 5.91 Å². The number of para-hydroxylation sites is 1. The Kier molecular flexibility index (Phi) is 5.70. The Balaban J connectivity index is 1.73. The van der Waals surface area contributed by atoms with Crippen molar-refractivity contribution in [3.63, 3.8) is 0 Å². The molecule has 0 saturated carbocycles. The van der Waals surface area contributed by atoms with E-state index in [-0.39, 0.29) is 11.8 Å². The number of carbonyl (C=O) groups is 2. The van der Waals surface area contributed by atoms with Crippen LogP contribution >= 0.6 is 0 Å². The molecule has 1 N–H and O–H groups in total. The molecule has 3 aromatic carbocycles. The van der Waals surface area contributed by atoms with Crippen LogP contribution in [0.15, 0.2) is 60.7 Å². The van der Waals surface area contributed by atoms with Crippen LogP contribution in [0, 0.1) is 0 Å². The maximum absolute atomic E-state index is 13.2. The van der Waals surface area contributed by atoms with E-state index in [0.717, 1.165) is 27.6 Å². The number of hydrogen-bond acceptors (Lipinski definition) is 3. The molecule has 4 rings (SSSR count). The molecular weight excluding hydrogens is 376 g/mol. The zero-order chi connectivity index (χ0) is 21.1. The number of fused-ring (bicyclic) bond motifs is 1. The zero-order valence-corrected chi connectivity index (χ0v) is 17.4. The highest BCUT2D eigenvalue weighted by atomic mass is 16.5. The Morgan fingerprint density at radius 2 is 1.87 bits per heavy atom. The molecule has 1 atom stereocenters. The Morgan fingerprint density at radius 3 is 2.67 bits per heavy atom. The van der Waals surface area contributed by atoms with E-state index < -0.39 is 6.04 Å². The zero-order valence-electron chi connectivity index (χ0n) is 17.4. The normalized spacial score (nSPS) is 16.4. The molecule has 0 aliphatic carbocycles. The quantitative estimate of drug-likeness (QED) is 0.694. The highest BCUT2D eigenvalue weighted by Crippen LogP contribution is 2.35. The first kappa shape index (κ1) is 20.0. The van der Waals surface area contributed by atoms with Gasteiger partial charge in [0.1, 0.15) is 11.8 Å². The van der Waals surface area contributed by atoms with E-state index in [4.69, 9.17) is 4.74 Å². The molecule has 0 bridgehead atoms. The van der Waals surface area contributed by atoms with Gasteiger partial charge < -0.3 is 15.0 Å². The molecule has 1 heterocycles. The summed E-state index contributed by atoms with van der Waals surface area (Å²) in [7, 11) is 0. The molecule has 0 radical (unpaired) electrons. The molecule has 1 fully saturated rings. The van der Waals surface area contributed by atoms with Crippen molar-refractivity contribution in [2.24, 2.45) is 0 Å². The fourth-order valence-electron chi connectivity index (χ4n) is 4.15. The molecule has 30 heavy (non-hydrogen) atoms. The minimum Gasteiger partial charge on any atom is -0.493 e. The van der Waals surface area contributed by atoms with Gasteiger partial charge in [-0.15, -0.1) is 0 Å². The molecule has 2 amide bonds. The summed E-state index contributed by atoms with van der Waals surface area (Å²) in [5, 5.41) is 4.89. The number of hydrogen-bond donors (Lipinski definition) is 1. The van der Waals surface area contributed by atoms with Crippen LogP contribution in [0.1, 0.15) is 30.6 Å². The molecular formula is C25H26N2O3. The standard InChI is InChI=1S/C25H26N2O3/c1-3-22-24(28)26-14-15-27(22)25(29)18-12-13-19-17(16-18)8-7-10-20(19)21-9-5-6-11-23(21)30-4-2/h5-13,16,22H,3-4,14-15H2,1-2H3,(H,26,28). The van der Waals surface area contributed by atoms with E-state index in [1.165, 1.54) is 0 Å². The van der Waals surface area contributed by atoms with Crippen molar-refractivity contribution in [3.8, 4) is 16.9 Å². The van der Waals surface area contributed by atoms with Crippen molar-refractivity contribution in [3.05, 3.63) is 66.2 Å². The summed E-state index contributed by atoms with van der Waals surface area (Å²) >= 11 is 0. The molecule has 1 aliphatic heterocycles. The Morgan fingerprint density at radius 1 is 1.07 bits per heavy atom. The molecule has 154 valence electrons. The number of nitrogens with zero attached hydrogens (tertiary/aromatic N) is 1. The Bertz CT molecular complexity index is 1090. The van der Waals surface area contributed by atoms with Gasteiger partial charge >= 0.3 is 0 Å². The van der Waals surface area contributed by atoms with Crippen molar-refractivity contribution < 1.29 is 14.3 Å². The highest BCUT2D eigenvalue weighted by molar-refractivity contribution is 6.04. The fourth-order valence-corrected chi connectivity index (χ4v) is 4.15. The predicted molar refractivity (Wildman–Crippen MR) is 119 cm³/mol. The smallest absolute Gasteiger partial charge is 0.254 e. The van der Waals surface area contributed by atoms with Crippen molar-refractivity contribution in [2.75, 3.05) is 19.7 Å². The fraction of sp³-hybridized carbons (Fsp3) is 0.280. The first-order valence-electron chi connectivity index (χ1n) is 10.5. The van der Waals surface area contributed by atoms with Crippen LogP contribution in [0.2, 0.25) is 0 Å². The summed E-state index contributed by atoms with van der Waals surface area (Å²) in [5.41, 5.74) is 2.70. The molecule has 0 spiro atoms. The predicted octanol–water partition coefficient (Wildman–Crippen LogP) is 4.26. The van der Waals surface area contributed by atoms with E-state index >= 15 is 0 Å². The Labute approximate surface area is 176 Å². The number of benzene rings is 3. The third-order valence-corrected chi connectivity index (χ3v) is 5.58. The first-order valence-corrected chi connectivity index (χ1v) is 10.5. The summed E-state index contributed by atoms with van der Waals surface area (Å²) < 4.78 is 5.82. The molecule has 5 nitrogen and oxygen atoms in total. The number of carbonyl (C=O) groups excluding carboxylic acids is 2. The van der Waals surface area contributed by atoms with E-state index in [0.29, 0.717) is 31.7 Å². The third kappa shape index (κ3) is 3.63. The number of amides is 2. The minimum atomic E-state index is -0.411. The SMILES string of the molecule is CCOc1ccccc1-c1cccc2cc(C(=O)N3CCNC(=O)C3CC)ccc12. The lowest BCUT2D eigenvalue weighted by Gasteiger charge is -2.34. The number of nitrogens with one attached hydrogen (secondary N) is 1. The lowest BCUT2D eigenvalue weighted by molar-refractivity contribution is -0.127. The molecule has 1 saturated heterocycles. The van der Waals surface area contributed by atoms with Crippen LogP contribution in [-0.2, 0) is 4.79 Å². The molecule has 0 aromatic heterocycles. The Hall–Kier alpha value is -3.34. The van der Waals surface area contributed by atoms with Gasteiger partial charge in [-0.05, 0) is 47.9 Å². The highest BCUT2D eigenvalue weighted by Gasteiger charge is 2.32. The summed E-state index contributed by atoms with van der Waals surface area (Å²) in [6.07, 6.45) is 0.601. The molecule has 5 heteroatoms.